The van der Waals surface area contributed by atoms with Crippen LogP contribution >= 0.6 is 0 Å². The number of alkyl halides is 1. The first kappa shape index (κ1) is 9.85. The molecule has 0 amide bonds. The topological polar surface area (TPSA) is 21.3 Å². The van der Waals surface area contributed by atoms with Gasteiger partial charge in [0.25, 0.3) is 0 Å². The number of rotatable bonds is 6. The van der Waals surface area contributed by atoms with E-state index in [4.69, 9.17) is 4.74 Å². The van der Waals surface area contributed by atoms with E-state index in [1.165, 1.54) is 0 Å². The van der Waals surface area contributed by atoms with E-state index in [1.807, 2.05) is 0 Å². The molecule has 3 heteroatoms. The van der Waals surface area contributed by atoms with Crippen LogP contribution in [0.2, 0.25) is 0 Å². The second kappa shape index (κ2) is 6.96. The zero-order valence-corrected chi connectivity index (χ0v) is 6.69. The minimum atomic E-state index is -0.387. The molecule has 0 spiro atoms. The normalized spacial score (nSPS) is 10.8. The molecule has 0 unspecified atom stereocenters. The van der Waals surface area contributed by atoms with Crippen LogP contribution in [0.5, 0.6) is 0 Å². The summed E-state index contributed by atoms with van der Waals surface area (Å²) in [6, 6.07) is 0.481. The average molecular weight is 149 g/mol. The third-order valence-corrected chi connectivity index (χ3v) is 1.02. The molecule has 0 aliphatic carbocycles. The molecule has 0 saturated carbocycles. The maximum atomic E-state index is 11.4. The Morgan fingerprint density at radius 3 is 2.60 bits per heavy atom. The molecule has 62 valence electrons. The summed E-state index contributed by atoms with van der Waals surface area (Å²) >= 11 is 0. The Bertz CT molecular complexity index is 68.6. The van der Waals surface area contributed by atoms with Crippen LogP contribution in [-0.2, 0) is 4.74 Å². The summed E-state index contributed by atoms with van der Waals surface area (Å²) < 4.78 is 16.3. The lowest BCUT2D eigenvalue weighted by molar-refractivity contribution is 0.119. The summed E-state index contributed by atoms with van der Waals surface area (Å²) in [5.41, 5.74) is 0. The quantitative estimate of drug-likeness (QED) is 0.568. The standard InChI is InChI=1S/C7H16FNO/c1-7(2)9-4-6-10-5-3-8/h7,9H,3-6H2,1-2H3. The molecule has 0 radical (unpaired) electrons. The van der Waals surface area contributed by atoms with E-state index < -0.39 is 0 Å². The Labute approximate surface area is 61.8 Å². The van der Waals surface area contributed by atoms with E-state index in [2.05, 4.69) is 19.2 Å². The van der Waals surface area contributed by atoms with Crippen molar-refractivity contribution in [2.45, 2.75) is 19.9 Å². The smallest absolute Gasteiger partial charge is 0.113 e. The fraction of sp³-hybridized carbons (Fsp3) is 1.00. The third kappa shape index (κ3) is 7.85. The highest BCUT2D eigenvalue weighted by atomic mass is 19.1. The van der Waals surface area contributed by atoms with Crippen LogP contribution in [0.4, 0.5) is 4.39 Å². The highest BCUT2D eigenvalue weighted by Crippen LogP contribution is 1.77. The molecule has 0 heterocycles. The van der Waals surface area contributed by atoms with Gasteiger partial charge in [0, 0.05) is 12.6 Å². The highest BCUT2D eigenvalue weighted by molar-refractivity contribution is 4.50. The van der Waals surface area contributed by atoms with Crippen molar-refractivity contribution in [3.8, 4) is 0 Å². The summed E-state index contributed by atoms with van der Waals surface area (Å²) in [4.78, 5) is 0. The first-order valence-corrected chi connectivity index (χ1v) is 3.64. The number of nitrogens with one attached hydrogen (secondary N) is 1. The van der Waals surface area contributed by atoms with Crippen molar-refractivity contribution in [2.75, 3.05) is 26.4 Å². The Morgan fingerprint density at radius 2 is 2.10 bits per heavy atom. The van der Waals surface area contributed by atoms with Crippen LogP contribution < -0.4 is 5.32 Å². The van der Waals surface area contributed by atoms with Gasteiger partial charge in [0.2, 0.25) is 0 Å². The maximum absolute atomic E-state index is 11.4. The molecule has 0 rings (SSSR count). The van der Waals surface area contributed by atoms with Gasteiger partial charge in [-0.1, -0.05) is 13.8 Å². The lowest BCUT2D eigenvalue weighted by atomic mass is 10.4. The second-order valence-electron chi connectivity index (χ2n) is 2.41. The summed E-state index contributed by atoms with van der Waals surface area (Å²) in [5.74, 6) is 0. The fourth-order valence-corrected chi connectivity index (χ4v) is 0.576. The molecular weight excluding hydrogens is 133 g/mol. The predicted octanol–water partition coefficient (Wildman–Crippen LogP) is 0.970. The van der Waals surface area contributed by atoms with Gasteiger partial charge in [-0.2, -0.15) is 0 Å². The van der Waals surface area contributed by atoms with E-state index in [0.29, 0.717) is 12.6 Å². The van der Waals surface area contributed by atoms with Crippen molar-refractivity contribution in [2.24, 2.45) is 0 Å². The van der Waals surface area contributed by atoms with Gasteiger partial charge in [-0.05, 0) is 0 Å². The van der Waals surface area contributed by atoms with Gasteiger partial charge in [-0.25, -0.2) is 4.39 Å². The lowest BCUT2D eigenvalue weighted by Crippen LogP contribution is -2.26. The van der Waals surface area contributed by atoms with Crippen LogP contribution in [0.25, 0.3) is 0 Å². The van der Waals surface area contributed by atoms with Gasteiger partial charge in [0.15, 0.2) is 0 Å². The number of halogens is 1. The molecule has 0 bridgehead atoms. The van der Waals surface area contributed by atoms with Crippen molar-refractivity contribution in [3.63, 3.8) is 0 Å². The molecule has 0 saturated heterocycles. The van der Waals surface area contributed by atoms with Crippen LogP contribution in [0, 0.1) is 0 Å². The Kier molecular flexibility index (Phi) is 6.86. The minimum absolute atomic E-state index is 0.222. The van der Waals surface area contributed by atoms with Gasteiger partial charge in [-0.3, -0.25) is 0 Å². The summed E-state index contributed by atoms with van der Waals surface area (Å²) in [6.45, 7) is 5.37. The monoisotopic (exact) mass is 149 g/mol. The van der Waals surface area contributed by atoms with E-state index in [9.17, 15) is 4.39 Å². The largest absolute Gasteiger partial charge is 0.377 e. The van der Waals surface area contributed by atoms with Crippen molar-refractivity contribution >= 4 is 0 Å². The van der Waals surface area contributed by atoms with Gasteiger partial charge in [0.1, 0.15) is 6.67 Å². The Balaban J connectivity index is 2.77. The zero-order chi connectivity index (χ0) is 7.82. The maximum Gasteiger partial charge on any atom is 0.113 e. The SMILES string of the molecule is CC(C)NCCOCCF. The van der Waals surface area contributed by atoms with Crippen LogP contribution in [0.1, 0.15) is 13.8 Å². The van der Waals surface area contributed by atoms with E-state index in [0.717, 1.165) is 6.54 Å². The zero-order valence-electron chi connectivity index (χ0n) is 6.69. The first-order valence-electron chi connectivity index (χ1n) is 3.64. The molecule has 10 heavy (non-hydrogen) atoms. The van der Waals surface area contributed by atoms with E-state index in [1.54, 1.807) is 0 Å². The summed E-state index contributed by atoms with van der Waals surface area (Å²) in [6.07, 6.45) is 0. The van der Waals surface area contributed by atoms with Crippen LogP contribution in [0.15, 0.2) is 0 Å². The minimum Gasteiger partial charge on any atom is -0.377 e. The molecule has 0 atom stereocenters. The number of ether oxygens (including phenoxy) is 1. The molecule has 0 fully saturated rings. The predicted molar refractivity (Wildman–Crippen MR) is 39.9 cm³/mol. The van der Waals surface area contributed by atoms with Gasteiger partial charge < -0.3 is 10.1 Å². The molecule has 2 nitrogen and oxygen atoms in total. The van der Waals surface area contributed by atoms with Gasteiger partial charge in [0.05, 0.1) is 13.2 Å². The third-order valence-electron chi connectivity index (χ3n) is 1.02. The molecule has 0 aliphatic rings. The molecule has 1 N–H and O–H groups in total. The number of hydrogen-bond donors (Lipinski definition) is 1. The highest BCUT2D eigenvalue weighted by Gasteiger charge is 1.90. The Hall–Kier alpha value is -0.150. The molecule has 0 aromatic heterocycles. The van der Waals surface area contributed by atoms with E-state index in [-0.39, 0.29) is 13.3 Å². The second-order valence-corrected chi connectivity index (χ2v) is 2.41. The fourth-order valence-electron chi connectivity index (χ4n) is 0.576. The van der Waals surface area contributed by atoms with Gasteiger partial charge >= 0.3 is 0 Å². The molecule has 0 aromatic carbocycles. The van der Waals surface area contributed by atoms with Crippen molar-refractivity contribution < 1.29 is 9.13 Å². The Morgan fingerprint density at radius 1 is 1.40 bits per heavy atom. The van der Waals surface area contributed by atoms with Crippen molar-refractivity contribution in [1.29, 1.82) is 0 Å². The van der Waals surface area contributed by atoms with Crippen molar-refractivity contribution in [1.82, 2.24) is 5.32 Å². The number of hydrogen-bond acceptors (Lipinski definition) is 2. The van der Waals surface area contributed by atoms with Crippen LogP contribution in [0.3, 0.4) is 0 Å². The summed E-state index contributed by atoms with van der Waals surface area (Å²) in [5, 5.41) is 3.16. The average Bonchev–Trinajstić information content (AvgIpc) is 1.87. The lowest BCUT2D eigenvalue weighted by Gasteiger charge is -2.06. The first-order chi connectivity index (χ1) is 4.77. The van der Waals surface area contributed by atoms with E-state index >= 15 is 0 Å². The molecular formula is C7H16FNO. The van der Waals surface area contributed by atoms with Crippen molar-refractivity contribution in [3.05, 3.63) is 0 Å². The summed E-state index contributed by atoms with van der Waals surface area (Å²) in [7, 11) is 0. The van der Waals surface area contributed by atoms with Gasteiger partial charge in [-0.15, -0.1) is 0 Å². The van der Waals surface area contributed by atoms with Crippen LogP contribution in [-0.4, -0.2) is 32.5 Å². The molecule has 0 aromatic rings. The molecule has 0 aliphatic heterocycles.